The minimum Gasteiger partial charge on any atom is -0.481 e. The summed E-state index contributed by atoms with van der Waals surface area (Å²) in [5.74, 6) is -0.785. The van der Waals surface area contributed by atoms with Crippen molar-refractivity contribution in [3.8, 4) is 0 Å². The maximum Gasteiger partial charge on any atom is 0.313 e. The molecule has 3 unspecified atom stereocenters. The molecule has 0 fully saturated rings. The lowest BCUT2D eigenvalue weighted by Gasteiger charge is -2.25. The highest BCUT2D eigenvalue weighted by atomic mass is 16.4. The van der Waals surface area contributed by atoms with E-state index >= 15 is 0 Å². The number of hydrogen-bond acceptors (Lipinski definition) is 3. The number of rotatable bonds is 16. The zero-order chi connectivity index (χ0) is 24.2. The van der Waals surface area contributed by atoms with Crippen LogP contribution in [0.4, 0.5) is 0 Å². The molecule has 0 spiro atoms. The van der Waals surface area contributed by atoms with E-state index in [0.717, 1.165) is 75.2 Å². The summed E-state index contributed by atoms with van der Waals surface area (Å²) in [5, 5.41) is 20.1. The number of carboxylic acid groups (broad SMARTS) is 1. The van der Waals surface area contributed by atoms with Gasteiger partial charge in [-0.05, 0) is 50.7 Å². The third-order valence-corrected chi connectivity index (χ3v) is 7.02. The molecule has 0 bridgehead atoms. The zero-order valence-corrected chi connectivity index (χ0v) is 20.2. The number of carboxylic acids is 1. The second-order valence-corrected chi connectivity index (χ2v) is 9.76. The highest BCUT2D eigenvalue weighted by molar-refractivity contribution is 5.80. The largest absolute Gasteiger partial charge is 0.481 e. The van der Waals surface area contributed by atoms with Crippen molar-refractivity contribution in [3.63, 3.8) is 0 Å². The van der Waals surface area contributed by atoms with E-state index in [2.05, 4.69) is 0 Å². The highest BCUT2D eigenvalue weighted by Crippen LogP contribution is 2.31. The summed E-state index contributed by atoms with van der Waals surface area (Å²) in [6.07, 6.45) is 9.27. The van der Waals surface area contributed by atoms with Crippen molar-refractivity contribution in [2.75, 3.05) is 0 Å². The van der Waals surface area contributed by atoms with Gasteiger partial charge in [0, 0.05) is 5.41 Å². The van der Waals surface area contributed by atoms with E-state index < -0.39 is 16.8 Å². The van der Waals surface area contributed by atoms with Crippen molar-refractivity contribution in [1.82, 2.24) is 0 Å². The molecule has 0 saturated carbocycles. The number of unbranched alkanes of at least 4 members (excludes halogenated alkanes) is 4. The topological polar surface area (TPSA) is 74.6 Å². The van der Waals surface area contributed by atoms with Crippen molar-refractivity contribution < 1.29 is 19.8 Å². The van der Waals surface area contributed by atoms with Crippen LogP contribution in [-0.2, 0) is 20.4 Å². The molecule has 2 aromatic carbocycles. The third kappa shape index (κ3) is 8.12. The predicted octanol–water partition coefficient (Wildman–Crippen LogP) is 6.45. The molecule has 2 rings (SSSR count). The van der Waals surface area contributed by atoms with Gasteiger partial charge in [-0.25, -0.2) is 0 Å². The van der Waals surface area contributed by atoms with Crippen LogP contribution < -0.4 is 0 Å². The van der Waals surface area contributed by atoms with Crippen LogP contribution in [0.2, 0.25) is 0 Å². The van der Waals surface area contributed by atoms with Crippen molar-refractivity contribution in [2.24, 2.45) is 0 Å². The molecular formula is C29H40O4. The number of benzene rings is 2. The van der Waals surface area contributed by atoms with Gasteiger partial charge in [0.1, 0.15) is 6.29 Å². The normalized spacial score (nSPS) is 15.8. The van der Waals surface area contributed by atoms with Crippen LogP contribution in [0.3, 0.4) is 0 Å². The van der Waals surface area contributed by atoms with Gasteiger partial charge in [-0.2, -0.15) is 0 Å². The van der Waals surface area contributed by atoms with E-state index in [4.69, 9.17) is 0 Å². The van der Waals surface area contributed by atoms with E-state index in [1.165, 1.54) is 0 Å². The molecule has 0 radical (unpaired) electrons. The molecule has 2 N–H and O–H groups in total. The second kappa shape index (κ2) is 13.3. The first kappa shape index (κ1) is 26.8. The minimum atomic E-state index is -0.865. The van der Waals surface area contributed by atoms with Gasteiger partial charge >= 0.3 is 5.97 Å². The second-order valence-electron chi connectivity index (χ2n) is 9.76. The molecule has 2 aromatic rings. The quantitative estimate of drug-likeness (QED) is 0.227. The summed E-state index contributed by atoms with van der Waals surface area (Å²) < 4.78 is 0. The zero-order valence-electron chi connectivity index (χ0n) is 20.2. The van der Waals surface area contributed by atoms with Crippen LogP contribution >= 0.6 is 0 Å². The summed E-state index contributed by atoms with van der Waals surface area (Å²) in [6.45, 7) is 3.80. The number of aliphatic hydroxyl groups excluding tert-OH is 1. The molecule has 33 heavy (non-hydrogen) atoms. The fraction of sp³-hybridized carbons (Fsp3) is 0.517. The van der Waals surface area contributed by atoms with Crippen LogP contribution in [0.25, 0.3) is 0 Å². The monoisotopic (exact) mass is 452 g/mol. The van der Waals surface area contributed by atoms with Gasteiger partial charge in [0.15, 0.2) is 0 Å². The number of aliphatic hydroxyl groups is 1. The average Bonchev–Trinajstić information content (AvgIpc) is 2.84. The lowest BCUT2D eigenvalue weighted by molar-refractivity contribution is -0.143. The first-order valence-corrected chi connectivity index (χ1v) is 12.3. The first-order chi connectivity index (χ1) is 15.8. The molecule has 4 heteroatoms. The van der Waals surface area contributed by atoms with Crippen LogP contribution in [-0.4, -0.2) is 28.6 Å². The van der Waals surface area contributed by atoms with E-state index in [1.807, 2.05) is 67.6 Å². The predicted molar refractivity (Wildman–Crippen MR) is 133 cm³/mol. The van der Waals surface area contributed by atoms with Crippen molar-refractivity contribution in [1.29, 1.82) is 0 Å². The number of aliphatic carboxylic acids is 1. The van der Waals surface area contributed by atoms with Crippen LogP contribution in [0, 0.1) is 0 Å². The molecule has 180 valence electrons. The van der Waals surface area contributed by atoms with E-state index in [-0.39, 0.29) is 6.10 Å². The molecule has 3 atom stereocenters. The summed E-state index contributed by atoms with van der Waals surface area (Å²) in [5.41, 5.74) is 0.599. The van der Waals surface area contributed by atoms with Crippen LogP contribution in [0.5, 0.6) is 0 Å². The van der Waals surface area contributed by atoms with E-state index in [1.54, 1.807) is 6.92 Å². The molecule has 0 saturated heterocycles. The van der Waals surface area contributed by atoms with E-state index in [9.17, 15) is 19.8 Å². The Balaban J connectivity index is 1.61. The van der Waals surface area contributed by atoms with Crippen molar-refractivity contribution in [2.45, 2.75) is 95.0 Å². The summed E-state index contributed by atoms with van der Waals surface area (Å²) in [7, 11) is 0. The van der Waals surface area contributed by atoms with Gasteiger partial charge in [0.05, 0.1) is 11.5 Å². The van der Waals surface area contributed by atoms with Gasteiger partial charge in [-0.3, -0.25) is 4.79 Å². The van der Waals surface area contributed by atoms with Gasteiger partial charge in [0.25, 0.3) is 0 Å². The lowest BCUT2D eigenvalue weighted by Crippen LogP contribution is -2.32. The third-order valence-electron chi connectivity index (χ3n) is 7.02. The van der Waals surface area contributed by atoms with Gasteiger partial charge < -0.3 is 15.0 Å². The first-order valence-electron chi connectivity index (χ1n) is 12.3. The maximum atomic E-state index is 11.9. The average molecular weight is 453 g/mol. The Bertz CT molecular complexity index is 835. The SMILES string of the molecule is CC(C=O)(CCCCCC(O)CCCCCC(C)(C(=O)O)c1ccccc1)c1ccccc1. The van der Waals surface area contributed by atoms with Gasteiger partial charge in [-0.1, -0.05) is 99.2 Å². The van der Waals surface area contributed by atoms with E-state index in [0.29, 0.717) is 6.42 Å². The Labute approximate surface area is 199 Å². The van der Waals surface area contributed by atoms with Gasteiger partial charge in [-0.15, -0.1) is 0 Å². The Kier molecular flexibility index (Phi) is 10.8. The fourth-order valence-electron chi connectivity index (χ4n) is 4.50. The number of aldehydes is 1. The van der Waals surface area contributed by atoms with Gasteiger partial charge in [0.2, 0.25) is 0 Å². The smallest absolute Gasteiger partial charge is 0.313 e. The summed E-state index contributed by atoms with van der Waals surface area (Å²) in [4.78, 5) is 23.5. The van der Waals surface area contributed by atoms with Crippen molar-refractivity contribution >= 4 is 12.3 Å². The highest BCUT2D eigenvalue weighted by Gasteiger charge is 2.34. The Morgan fingerprint density at radius 2 is 1.27 bits per heavy atom. The Morgan fingerprint density at radius 3 is 1.76 bits per heavy atom. The minimum absolute atomic E-state index is 0.309. The molecular weight excluding hydrogens is 412 g/mol. The molecule has 0 heterocycles. The number of carbonyl (C=O) groups is 2. The molecule has 0 amide bonds. The Morgan fingerprint density at radius 1 is 0.788 bits per heavy atom. The summed E-state index contributed by atoms with van der Waals surface area (Å²) >= 11 is 0. The van der Waals surface area contributed by atoms with Crippen molar-refractivity contribution in [3.05, 3.63) is 71.8 Å². The van der Waals surface area contributed by atoms with Crippen LogP contribution in [0.1, 0.15) is 89.2 Å². The maximum absolute atomic E-state index is 11.9. The number of carbonyl (C=O) groups excluding carboxylic acids is 1. The van der Waals surface area contributed by atoms with Crippen LogP contribution in [0.15, 0.2) is 60.7 Å². The molecule has 0 aromatic heterocycles. The molecule has 0 aliphatic rings. The molecule has 0 aliphatic heterocycles. The fourth-order valence-corrected chi connectivity index (χ4v) is 4.50. The molecule has 4 nitrogen and oxygen atoms in total. The lowest BCUT2D eigenvalue weighted by atomic mass is 9.78. The summed E-state index contributed by atoms with van der Waals surface area (Å²) in [6, 6.07) is 19.4. The molecule has 0 aliphatic carbocycles. The standard InChI is InChI=1S/C29H40O4/c1-28(23-30,24-15-7-3-8-16-24)21-13-5-11-19-26(31)20-12-6-14-22-29(2,27(32)33)25-17-9-4-10-18-25/h3-4,7-10,15-18,23,26,31H,5-6,11-14,19-22H2,1-2H3,(H,32,33). The number of hydrogen-bond donors (Lipinski definition) is 2. The Hall–Kier alpha value is -2.46.